The molecular formula is C12H8ClNOS. The summed E-state index contributed by atoms with van der Waals surface area (Å²) in [6.07, 6.45) is 1.66. The molecule has 0 atom stereocenters. The maximum atomic E-state index is 11.8. The van der Waals surface area contributed by atoms with Gasteiger partial charge in [-0.25, -0.2) is 4.98 Å². The van der Waals surface area contributed by atoms with Crippen LogP contribution in [0, 0.1) is 0 Å². The van der Waals surface area contributed by atoms with Crippen molar-refractivity contribution in [3.05, 3.63) is 59.2 Å². The molecule has 2 aromatic rings. The van der Waals surface area contributed by atoms with Gasteiger partial charge in [0.05, 0.1) is 0 Å². The molecule has 1 heterocycles. The monoisotopic (exact) mass is 249 g/mol. The molecule has 1 aromatic carbocycles. The van der Waals surface area contributed by atoms with E-state index in [1.165, 1.54) is 0 Å². The third kappa shape index (κ3) is 2.84. The number of hydrogen-bond acceptors (Lipinski definition) is 3. The fourth-order valence-corrected chi connectivity index (χ4v) is 1.98. The number of aromatic nitrogens is 1. The van der Waals surface area contributed by atoms with Gasteiger partial charge in [0.2, 0.25) is 5.12 Å². The Labute approximate surface area is 103 Å². The minimum atomic E-state index is -0.0321. The molecule has 80 valence electrons. The van der Waals surface area contributed by atoms with E-state index in [0.717, 1.165) is 11.8 Å². The summed E-state index contributed by atoms with van der Waals surface area (Å²) in [5, 5.41) is 1.29. The number of thioether (sulfide) groups is 1. The molecule has 2 rings (SSSR count). The van der Waals surface area contributed by atoms with Crippen molar-refractivity contribution in [1.82, 2.24) is 4.98 Å². The smallest absolute Gasteiger partial charge is 0.225 e. The number of rotatable bonds is 2. The fourth-order valence-electron chi connectivity index (χ4n) is 1.15. The van der Waals surface area contributed by atoms with Crippen molar-refractivity contribution in [2.24, 2.45) is 0 Å². The summed E-state index contributed by atoms with van der Waals surface area (Å²) in [5.74, 6) is 0. The minimum Gasteiger partial charge on any atom is -0.281 e. The zero-order valence-corrected chi connectivity index (χ0v) is 9.83. The molecule has 0 N–H and O–H groups in total. The fraction of sp³-hybridized carbons (Fsp3) is 0. The Bertz CT molecular complexity index is 484. The van der Waals surface area contributed by atoms with Crippen LogP contribution in [0.1, 0.15) is 10.4 Å². The van der Waals surface area contributed by atoms with Crippen LogP contribution < -0.4 is 0 Å². The van der Waals surface area contributed by atoms with Gasteiger partial charge in [0.15, 0.2) is 0 Å². The molecule has 0 radical (unpaired) electrons. The van der Waals surface area contributed by atoms with E-state index in [1.807, 2.05) is 12.1 Å². The summed E-state index contributed by atoms with van der Waals surface area (Å²) < 4.78 is 0. The second-order valence-electron chi connectivity index (χ2n) is 3.06. The average molecular weight is 250 g/mol. The topological polar surface area (TPSA) is 30.0 Å². The molecule has 0 saturated carbocycles. The van der Waals surface area contributed by atoms with Gasteiger partial charge in [-0.05, 0) is 48.2 Å². The predicted octanol–water partition coefficient (Wildman–Crippen LogP) is 3.67. The first-order valence-corrected chi connectivity index (χ1v) is 5.84. The molecule has 0 aliphatic rings. The Balaban J connectivity index is 2.12. The third-order valence-electron chi connectivity index (χ3n) is 1.91. The van der Waals surface area contributed by atoms with Gasteiger partial charge < -0.3 is 0 Å². The third-order valence-corrected chi connectivity index (χ3v) is 3.04. The molecule has 2 nitrogen and oxygen atoms in total. The van der Waals surface area contributed by atoms with E-state index < -0.39 is 0 Å². The minimum absolute atomic E-state index is 0.0321. The summed E-state index contributed by atoms with van der Waals surface area (Å²) in [6, 6.07) is 12.3. The number of nitrogens with zero attached hydrogens (tertiary/aromatic N) is 1. The van der Waals surface area contributed by atoms with Gasteiger partial charge in [0, 0.05) is 16.8 Å². The van der Waals surface area contributed by atoms with Crippen molar-refractivity contribution < 1.29 is 4.79 Å². The number of benzene rings is 1. The van der Waals surface area contributed by atoms with Crippen LogP contribution in [0.3, 0.4) is 0 Å². The van der Waals surface area contributed by atoms with Crippen LogP contribution in [0.15, 0.2) is 53.7 Å². The lowest BCUT2D eigenvalue weighted by Crippen LogP contribution is -1.93. The van der Waals surface area contributed by atoms with Crippen molar-refractivity contribution in [3.63, 3.8) is 0 Å². The van der Waals surface area contributed by atoms with E-state index in [4.69, 9.17) is 11.6 Å². The quantitative estimate of drug-likeness (QED) is 0.761. The first kappa shape index (κ1) is 11.2. The van der Waals surface area contributed by atoms with Crippen LogP contribution in [-0.4, -0.2) is 10.1 Å². The number of hydrogen-bond donors (Lipinski definition) is 0. The van der Waals surface area contributed by atoms with Crippen LogP contribution in [-0.2, 0) is 0 Å². The molecule has 16 heavy (non-hydrogen) atoms. The lowest BCUT2D eigenvalue weighted by molar-refractivity contribution is 0.108. The lowest BCUT2D eigenvalue weighted by atomic mass is 10.2. The zero-order chi connectivity index (χ0) is 11.4. The summed E-state index contributed by atoms with van der Waals surface area (Å²) in [5.41, 5.74) is 0.625. The molecule has 0 aliphatic carbocycles. The number of halogens is 1. The number of carbonyl (C=O) groups excluding carboxylic acids is 1. The Morgan fingerprint density at radius 3 is 2.50 bits per heavy atom. The Hall–Kier alpha value is -1.32. The molecule has 0 bridgehead atoms. The molecule has 4 heteroatoms. The van der Waals surface area contributed by atoms with Crippen LogP contribution in [0.2, 0.25) is 5.02 Å². The molecule has 0 spiro atoms. The van der Waals surface area contributed by atoms with E-state index in [9.17, 15) is 4.79 Å². The summed E-state index contributed by atoms with van der Waals surface area (Å²) in [7, 11) is 0. The van der Waals surface area contributed by atoms with Gasteiger partial charge in [-0.1, -0.05) is 17.7 Å². The van der Waals surface area contributed by atoms with E-state index >= 15 is 0 Å². The normalized spacial score (nSPS) is 10.1. The first-order valence-electron chi connectivity index (χ1n) is 4.64. The van der Waals surface area contributed by atoms with Gasteiger partial charge in [-0.15, -0.1) is 0 Å². The highest BCUT2D eigenvalue weighted by Crippen LogP contribution is 2.21. The van der Waals surface area contributed by atoms with Crippen LogP contribution >= 0.6 is 23.4 Å². The van der Waals surface area contributed by atoms with Crippen molar-refractivity contribution in [2.45, 2.75) is 5.03 Å². The average Bonchev–Trinajstić information content (AvgIpc) is 2.31. The van der Waals surface area contributed by atoms with Crippen molar-refractivity contribution >= 4 is 28.5 Å². The second-order valence-corrected chi connectivity index (χ2v) is 4.49. The second kappa shape index (κ2) is 5.14. The standard InChI is InChI=1S/C12H8ClNOS/c13-10-6-4-9(5-7-10)12(15)16-11-3-1-2-8-14-11/h1-8H. The van der Waals surface area contributed by atoms with Crippen LogP contribution in [0.4, 0.5) is 0 Å². The molecule has 1 aromatic heterocycles. The highest BCUT2D eigenvalue weighted by atomic mass is 35.5. The first-order chi connectivity index (χ1) is 7.75. The number of pyridine rings is 1. The maximum absolute atomic E-state index is 11.8. The highest BCUT2D eigenvalue weighted by molar-refractivity contribution is 8.14. The van der Waals surface area contributed by atoms with Gasteiger partial charge in [0.25, 0.3) is 0 Å². The summed E-state index contributed by atoms with van der Waals surface area (Å²) in [4.78, 5) is 15.9. The van der Waals surface area contributed by atoms with E-state index in [2.05, 4.69) is 4.98 Å². The van der Waals surface area contributed by atoms with E-state index in [-0.39, 0.29) is 5.12 Å². The summed E-state index contributed by atoms with van der Waals surface area (Å²) >= 11 is 6.86. The zero-order valence-electron chi connectivity index (χ0n) is 8.26. The van der Waals surface area contributed by atoms with Crippen molar-refractivity contribution in [3.8, 4) is 0 Å². The molecule has 0 amide bonds. The van der Waals surface area contributed by atoms with Gasteiger partial charge in [0.1, 0.15) is 5.03 Å². The molecule has 0 saturated heterocycles. The largest absolute Gasteiger partial charge is 0.281 e. The van der Waals surface area contributed by atoms with E-state index in [0.29, 0.717) is 15.6 Å². The molecule has 0 aliphatic heterocycles. The Kier molecular flexibility index (Phi) is 3.59. The molecule has 0 unspecified atom stereocenters. The van der Waals surface area contributed by atoms with Crippen LogP contribution in [0.25, 0.3) is 0 Å². The predicted molar refractivity (Wildman–Crippen MR) is 65.9 cm³/mol. The summed E-state index contributed by atoms with van der Waals surface area (Å²) in [6.45, 7) is 0. The number of carbonyl (C=O) groups is 1. The Morgan fingerprint density at radius 2 is 1.88 bits per heavy atom. The molecule has 0 fully saturated rings. The maximum Gasteiger partial charge on any atom is 0.225 e. The van der Waals surface area contributed by atoms with Gasteiger partial charge in [-0.3, -0.25) is 4.79 Å². The highest BCUT2D eigenvalue weighted by Gasteiger charge is 2.08. The van der Waals surface area contributed by atoms with Gasteiger partial charge in [-0.2, -0.15) is 0 Å². The lowest BCUT2D eigenvalue weighted by Gasteiger charge is -1.99. The van der Waals surface area contributed by atoms with Crippen LogP contribution in [0.5, 0.6) is 0 Å². The van der Waals surface area contributed by atoms with Crippen molar-refractivity contribution in [2.75, 3.05) is 0 Å². The van der Waals surface area contributed by atoms with E-state index in [1.54, 1.807) is 36.5 Å². The van der Waals surface area contributed by atoms with Gasteiger partial charge >= 0.3 is 0 Å². The van der Waals surface area contributed by atoms with Crippen molar-refractivity contribution in [1.29, 1.82) is 0 Å². The Morgan fingerprint density at radius 1 is 1.12 bits per heavy atom. The SMILES string of the molecule is O=C(Sc1ccccn1)c1ccc(Cl)cc1. The molecular weight excluding hydrogens is 242 g/mol.